The zero-order valence-electron chi connectivity index (χ0n) is 13.4. The molecule has 0 aliphatic rings. The van der Waals surface area contributed by atoms with Gasteiger partial charge in [0.15, 0.2) is 5.11 Å². The third kappa shape index (κ3) is 5.77. The molecule has 2 N–H and O–H groups in total. The summed E-state index contributed by atoms with van der Waals surface area (Å²) >= 11 is 5.11. The van der Waals surface area contributed by atoms with Crippen molar-refractivity contribution in [3.05, 3.63) is 59.7 Å². The highest BCUT2D eigenvalue weighted by Crippen LogP contribution is 2.15. The van der Waals surface area contributed by atoms with Crippen LogP contribution in [0.1, 0.15) is 18.9 Å². The van der Waals surface area contributed by atoms with Gasteiger partial charge in [-0.1, -0.05) is 12.1 Å². The lowest BCUT2D eigenvalue weighted by atomic mass is 10.1. The van der Waals surface area contributed by atoms with Gasteiger partial charge in [0.05, 0.1) is 12.3 Å². The van der Waals surface area contributed by atoms with E-state index < -0.39 is 11.6 Å². The third-order valence-electron chi connectivity index (χ3n) is 3.34. The van der Waals surface area contributed by atoms with Gasteiger partial charge in [0.2, 0.25) is 0 Å². The molecular formula is C18H20F2N2OS. The van der Waals surface area contributed by atoms with Gasteiger partial charge in [-0.05, 0) is 61.8 Å². The van der Waals surface area contributed by atoms with Crippen LogP contribution in [-0.2, 0) is 6.42 Å². The first kappa shape index (κ1) is 18.1. The number of thiocarbonyl (C=S) groups is 1. The summed E-state index contributed by atoms with van der Waals surface area (Å²) in [5.74, 6) is -0.424. The largest absolute Gasteiger partial charge is 0.494 e. The van der Waals surface area contributed by atoms with Crippen LogP contribution in [0.15, 0.2) is 42.5 Å². The van der Waals surface area contributed by atoms with Crippen LogP contribution in [0.4, 0.5) is 14.5 Å². The summed E-state index contributed by atoms with van der Waals surface area (Å²) in [6, 6.07) is 11.3. The zero-order chi connectivity index (χ0) is 17.4. The number of nitrogens with one attached hydrogen (secondary N) is 2. The Morgan fingerprint density at radius 2 is 1.88 bits per heavy atom. The predicted octanol–water partition coefficient (Wildman–Crippen LogP) is 4.28. The summed E-state index contributed by atoms with van der Waals surface area (Å²) in [5.41, 5.74) is 1.36. The minimum Gasteiger partial charge on any atom is -0.494 e. The molecule has 2 rings (SSSR count). The number of benzene rings is 2. The lowest BCUT2D eigenvalue weighted by molar-refractivity contribution is 0.340. The molecule has 2 aromatic rings. The minimum atomic E-state index is -0.673. The number of hydrogen-bond acceptors (Lipinski definition) is 2. The molecule has 6 heteroatoms. The van der Waals surface area contributed by atoms with Crippen molar-refractivity contribution in [3.63, 3.8) is 0 Å². The molecule has 0 aromatic heterocycles. The van der Waals surface area contributed by atoms with Gasteiger partial charge in [-0.25, -0.2) is 8.78 Å². The number of halogens is 2. The molecule has 0 amide bonds. The first-order valence-corrected chi connectivity index (χ1v) is 8.21. The van der Waals surface area contributed by atoms with Gasteiger partial charge < -0.3 is 15.4 Å². The van der Waals surface area contributed by atoms with Crippen LogP contribution < -0.4 is 15.4 Å². The molecule has 0 saturated heterocycles. The number of rotatable bonds is 7. The van der Waals surface area contributed by atoms with E-state index in [1.165, 1.54) is 17.7 Å². The highest BCUT2D eigenvalue weighted by molar-refractivity contribution is 7.80. The second-order valence-corrected chi connectivity index (χ2v) is 5.59. The molecule has 0 aliphatic carbocycles. The Hall–Kier alpha value is -2.21. The summed E-state index contributed by atoms with van der Waals surface area (Å²) in [7, 11) is 0. The molecule has 3 nitrogen and oxygen atoms in total. The highest BCUT2D eigenvalue weighted by Gasteiger charge is 2.05. The summed E-state index contributed by atoms with van der Waals surface area (Å²) in [6.07, 6.45) is 1.77. The molecule has 0 fully saturated rings. The topological polar surface area (TPSA) is 33.3 Å². The van der Waals surface area contributed by atoms with E-state index in [1.807, 2.05) is 31.2 Å². The van der Waals surface area contributed by atoms with Crippen molar-refractivity contribution in [2.45, 2.75) is 19.8 Å². The van der Waals surface area contributed by atoms with Gasteiger partial charge in [-0.3, -0.25) is 0 Å². The fraction of sp³-hybridized carbons (Fsp3) is 0.278. The molecule has 0 heterocycles. The van der Waals surface area contributed by atoms with Crippen molar-refractivity contribution in [2.75, 3.05) is 18.5 Å². The summed E-state index contributed by atoms with van der Waals surface area (Å²) in [4.78, 5) is 0. The maximum Gasteiger partial charge on any atom is 0.170 e. The van der Waals surface area contributed by atoms with E-state index in [0.29, 0.717) is 18.3 Å². The van der Waals surface area contributed by atoms with Gasteiger partial charge >= 0.3 is 0 Å². The fourth-order valence-corrected chi connectivity index (χ4v) is 2.38. The average molecular weight is 350 g/mol. The Morgan fingerprint density at radius 3 is 2.54 bits per heavy atom. The van der Waals surface area contributed by atoms with Crippen LogP contribution in [0.3, 0.4) is 0 Å². The van der Waals surface area contributed by atoms with Crippen LogP contribution in [-0.4, -0.2) is 18.3 Å². The fourth-order valence-electron chi connectivity index (χ4n) is 2.17. The second kappa shape index (κ2) is 9.17. The van der Waals surface area contributed by atoms with Gasteiger partial charge in [0.25, 0.3) is 0 Å². The van der Waals surface area contributed by atoms with E-state index in [9.17, 15) is 8.78 Å². The number of hydrogen-bond donors (Lipinski definition) is 2. The summed E-state index contributed by atoms with van der Waals surface area (Å²) < 4.78 is 31.7. The minimum absolute atomic E-state index is 0.153. The predicted molar refractivity (Wildman–Crippen MR) is 96.5 cm³/mol. The third-order valence-corrected chi connectivity index (χ3v) is 3.59. The van der Waals surface area contributed by atoms with Crippen molar-refractivity contribution in [1.82, 2.24) is 5.32 Å². The monoisotopic (exact) mass is 350 g/mol. The van der Waals surface area contributed by atoms with Crippen LogP contribution >= 0.6 is 12.2 Å². The standard InChI is InChI=1S/C18H20F2N2OS/c1-2-23-15-8-5-13(6-9-15)4-3-11-21-18(24)22-17-10-7-14(19)12-16(17)20/h5-10,12H,2-4,11H2,1H3,(H2,21,22,24). The number of aryl methyl sites for hydroxylation is 1. The lowest BCUT2D eigenvalue weighted by Gasteiger charge is -2.11. The number of anilines is 1. The SMILES string of the molecule is CCOc1ccc(CCCNC(=S)Nc2ccc(F)cc2F)cc1. The Labute approximate surface area is 146 Å². The number of ether oxygens (including phenoxy) is 1. The Balaban J connectivity index is 1.70. The van der Waals surface area contributed by atoms with Crippen molar-refractivity contribution in [2.24, 2.45) is 0 Å². The van der Waals surface area contributed by atoms with Crippen LogP contribution in [0, 0.1) is 11.6 Å². The Bertz CT molecular complexity index is 677. The van der Waals surface area contributed by atoms with Crippen molar-refractivity contribution >= 4 is 23.0 Å². The quantitative estimate of drug-likeness (QED) is 0.577. The molecule has 0 radical (unpaired) electrons. The van der Waals surface area contributed by atoms with Gasteiger partial charge in [-0.15, -0.1) is 0 Å². The Morgan fingerprint density at radius 1 is 1.12 bits per heavy atom. The van der Waals surface area contributed by atoms with E-state index in [0.717, 1.165) is 24.7 Å². The van der Waals surface area contributed by atoms with Crippen LogP contribution in [0.5, 0.6) is 5.75 Å². The van der Waals surface area contributed by atoms with Gasteiger partial charge in [0, 0.05) is 12.6 Å². The smallest absolute Gasteiger partial charge is 0.170 e. The van der Waals surface area contributed by atoms with Gasteiger partial charge in [-0.2, -0.15) is 0 Å². The zero-order valence-corrected chi connectivity index (χ0v) is 14.3. The summed E-state index contributed by atoms with van der Waals surface area (Å²) in [6.45, 7) is 3.26. The maximum atomic E-state index is 13.5. The van der Waals surface area contributed by atoms with Crippen molar-refractivity contribution in [1.29, 1.82) is 0 Å². The molecular weight excluding hydrogens is 330 g/mol. The summed E-state index contributed by atoms with van der Waals surface area (Å²) in [5, 5.41) is 6.04. The van der Waals surface area contributed by atoms with Crippen LogP contribution in [0.2, 0.25) is 0 Å². The molecule has 0 saturated carbocycles. The van der Waals surface area contributed by atoms with Crippen LogP contribution in [0.25, 0.3) is 0 Å². The first-order chi connectivity index (χ1) is 11.6. The second-order valence-electron chi connectivity index (χ2n) is 5.19. The molecule has 2 aromatic carbocycles. The lowest BCUT2D eigenvalue weighted by Crippen LogP contribution is -2.29. The van der Waals surface area contributed by atoms with E-state index >= 15 is 0 Å². The maximum absolute atomic E-state index is 13.5. The normalized spacial score (nSPS) is 10.3. The van der Waals surface area contributed by atoms with E-state index in [4.69, 9.17) is 17.0 Å². The highest BCUT2D eigenvalue weighted by atomic mass is 32.1. The molecule has 0 aliphatic heterocycles. The molecule has 0 atom stereocenters. The van der Waals surface area contributed by atoms with Gasteiger partial charge in [0.1, 0.15) is 17.4 Å². The average Bonchev–Trinajstić information content (AvgIpc) is 2.56. The van der Waals surface area contributed by atoms with E-state index in [-0.39, 0.29) is 5.69 Å². The molecule has 0 unspecified atom stereocenters. The molecule has 0 bridgehead atoms. The molecule has 0 spiro atoms. The Kier molecular flexibility index (Phi) is 6.93. The molecule has 24 heavy (non-hydrogen) atoms. The van der Waals surface area contributed by atoms with Crippen molar-refractivity contribution in [3.8, 4) is 5.75 Å². The van der Waals surface area contributed by atoms with Crippen molar-refractivity contribution < 1.29 is 13.5 Å². The van der Waals surface area contributed by atoms with E-state index in [2.05, 4.69) is 10.6 Å². The van der Waals surface area contributed by atoms with E-state index in [1.54, 1.807) is 0 Å². The molecule has 128 valence electrons. The first-order valence-electron chi connectivity index (χ1n) is 7.80.